The van der Waals surface area contributed by atoms with Crippen LogP contribution in [0.5, 0.6) is 0 Å². The molecule has 3 N–H and O–H groups in total. The van der Waals surface area contributed by atoms with Crippen LogP contribution in [-0.4, -0.2) is 32.6 Å². The summed E-state index contributed by atoms with van der Waals surface area (Å²) in [7, 11) is 0. The molecule has 18 heavy (non-hydrogen) atoms. The number of carbonyl (C=O) groups is 1. The maximum atomic E-state index is 12.0. The molecule has 0 aromatic carbocycles. The van der Waals surface area contributed by atoms with Crippen molar-refractivity contribution in [3.63, 3.8) is 0 Å². The summed E-state index contributed by atoms with van der Waals surface area (Å²) in [5.41, 5.74) is 0. The maximum Gasteiger partial charge on any atom is 0.404 e. The van der Waals surface area contributed by atoms with E-state index in [2.05, 4.69) is 10.0 Å². The Balaban J connectivity index is 2.40. The Labute approximate surface area is 112 Å². The molecule has 1 fully saturated rings. The van der Waals surface area contributed by atoms with Crippen LogP contribution in [0.1, 0.15) is 47.0 Å². The summed E-state index contributed by atoms with van der Waals surface area (Å²) in [6.07, 6.45) is 1.70. The van der Waals surface area contributed by atoms with Crippen molar-refractivity contribution in [2.75, 3.05) is 0 Å². The van der Waals surface area contributed by atoms with Crippen LogP contribution in [0.4, 0.5) is 4.79 Å². The van der Waals surface area contributed by atoms with Gasteiger partial charge in [0.25, 0.3) is 0 Å². The van der Waals surface area contributed by atoms with Crippen LogP contribution in [0.3, 0.4) is 0 Å². The van der Waals surface area contributed by atoms with Crippen molar-refractivity contribution in [1.82, 2.24) is 10.0 Å². The molecule has 0 unspecified atom stereocenters. The fraction of sp³-hybridized carbons (Fsp3) is 0.917. The van der Waals surface area contributed by atoms with Gasteiger partial charge in [-0.3, -0.25) is 0 Å². The molecule has 0 saturated heterocycles. The van der Waals surface area contributed by atoms with E-state index in [1.165, 1.54) is 0 Å². The molecule has 0 aliphatic heterocycles. The number of hydrogen-bond donors (Lipinski definition) is 3. The molecule has 0 radical (unpaired) electrons. The minimum Gasteiger partial charge on any atom is -0.598 e. The van der Waals surface area contributed by atoms with E-state index in [9.17, 15) is 9.35 Å². The highest BCUT2D eigenvalue weighted by Crippen LogP contribution is 2.29. The molecular formula is C12H24N2O3S. The first-order valence-electron chi connectivity index (χ1n) is 6.37. The zero-order valence-electron chi connectivity index (χ0n) is 11.5. The SMILES string of the molecule is C[C@H](N[S@@+]([O-])C(C)(C)C)[C@@H]1CC[C@H](NC(=O)O)C1. The number of carboxylic acid groups (broad SMARTS) is 1. The lowest BCUT2D eigenvalue weighted by atomic mass is 10.0. The molecule has 5 nitrogen and oxygen atoms in total. The van der Waals surface area contributed by atoms with Gasteiger partial charge in [0.1, 0.15) is 4.75 Å². The third kappa shape index (κ3) is 4.66. The van der Waals surface area contributed by atoms with Crippen molar-refractivity contribution in [3.8, 4) is 0 Å². The smallest absolute Gasteiger partial charge is 0.404 e. The van der Waals surface area contributed by atoms with Crippen LogP contribution in [0, 0.1) is 5.92 Å². The lowest BCUT2D eigenvalue weighted by Gasteiger charge is -2.28. The van der Waals surface area contributed by atoms with E-state index in [-0.39, 0.29) is 16.8 Å². The predicted molar refractivity (Wildman–Crippen MR) is 72.8 cm³/mol. The van der Waals surface area contributed by atoms with Crippen molar-refractivity contribution in [1.29, 1.82) is 0 Å². The monoisotopic (exact) mass is 276 g/mol. The third-order valence-corrected chi connectivity index (χ3v) is 5.06. The standard InChI is InChI=1S/C12H24N2O3S/c1-8(14-18(17)12(2,3)4)9-5-6-10(7-9)13-11(15)16/h8-10,13-14H,5-7H2,1-4H3,(H,15,16)/t8-,9+,10-,18-/m0/s1. The molecule has 106 valence electrons. The number of hydrogen-bond acceptors (Lipinski definition) is 3. The van der Waals surface area contributed by atoms with Crippen molar-refractivity contribution in [3.05, 3.63) is 0 Å². The zero-order chi connectivity index (χ0) is 13.9. The number of rotatable bonds is 4. The molecule has 4 atom stereocenters. The average molecular weight is 276 g/mol. The van der Waals surface area contributed by atoms with Crippen LogP contribution in [0.2, 0.25) is 0 Å². The van der Waals surface area contributed by atoms with E-state index in [1.54, 1.807) is 0 Å². The van der Waals surface area contributed by atoms with Gasteiger partial charge >= 0.3 is 6.09 Å². The molecule has 0 heterocycles. The second kappa shape index (κ2) is 6.12. The minimum atomic E-state index is -1.07. The zero-order valence-corrected chi connectivity index (χ0v) is 12.3. The fourth-order valence-electron chi connectivity index (χ4n) is 2.22. The van der Waals surface area contributed by atoms with Crippen LogP contribution in [-0.2, 0) is 11.4 Å². The van der Waals surface area contributed by atoms with Crippen molar-refractivity contribution >= 4 is 17.5 Å². The van der Waals surface area contributed by atoms with Gasteiger partial charge in [-0.15, -0.1) is 4.72 Å². The molecule has 1 saturated carbocycles. The van der Waals surface area contributed by atoms with E-state index in [1.807, 2.05) is 27.7 Å². The van der Waals surface area contributed by atoms with Crippen molar-refractivity contribution in [2.24, 2.45) is 5.92 Å². The van der Waals surface area contributed by atoms with Gasteiger partial charge in [0.2, 0.25) is 0 Å². The average Bonchev–Trinajstić information content (AvgIpc) is 2.63. The van der Waals surface area contributed by atoms with Crippen LogP contribution < -0.4 is 10.0 Å². The Bertz CT molecular complexity index is 294. The molecule has 0 aromatic rings. The summed E-state index contributed by atoms with van der Waals surface area (Å²) < 4.78 is 14.8. The van der Waals surface area contributed by atoms with Crippen LogP contribution >= 0.6 is 0 Å². The number of nitrogens with one attached hydrogen (secondary N) is 2. The van der Waals surface area contributed by atoms with Gasteiger partial charge < -0.3 is 15.0 Å². The third-order valence-electron chi connectivity index (χ3n) is 3.36. The summed E-state index contributed by atoms with van der Waals surface area (Å²) in [5.74, 6) is 0.383. The predicted octanol–water partition coefficient (Wildman–Crippen LogP) is 1.86. The van der Waals surface area contributed by atoms with E-state index in [4.69, 9.17) is 5.11 Å². The van der Waals surface area contributed by atoms with Crippen LogP contribution in [0.15, 0.2) is 0 Å². The molecule has 0 bridgehead atoms. The highest BCUT2D eigenvalue weighted by molar-refractivity contribution is 7.90. The fourth-order valence-corrected chi connectivity index (χ4v) is 3.10. The molecule has 1 amide bonds. The molecule has 0 aromatic heterocycles. The van der Waals surface area contributed by atoms with E-state index in [0.29, 0.717) is 5.92 Å². The summed E-state index contributed by atoms with van der Waals surface area (Å²) in [4.78, 5) is 10.6. The van der Waals surface area contributed by atoms with Gasteiger partial charge in [-0.05, 0) is 52.9 Å². The Hall–Kier alpha value is -0.460. The van der Waals surface area contributed by atoms with E-state index >= 15 is 0 Å². The van der Waals surface area contributed by atoms with Gasteiger partial charge in [0.15, 0.2) is 0 Å². The molecule has 6 heteroatoms. The molecule has 0 spiro atoms. The van der Waals surface area contributed by atoms with Gasteiger partial charge in [-0.2, -0.15) is 0 Å². The highest BCUT2D eigenvalue weighted by atomic mass is 32.2. The maximum absolute atomic E-state index is 12.0. The van der Waals surface area contributed by atoms with E-state index < -0.39 is 17.5 Å². The summed E-state index contributed by atoms with van der Waals surface area (Å²) in [6, 6.07) is 0.186. The largest absolute Gasteiger partial charge is 0.598 e. The topological polar surface area (TPSA) is 84.4 Å². The highest BCUT2D eigenvalue weighted by Gasteiger charge is 2.34. The summed E-state index contributed by atoms with van der Waals surface area (Å²) in [5, 5.41) is 11.2. The quantitative estimate of drug-likeness (QED) is 0.684. The minimum absolute atomic E-state index is 0.0415. The summed E-state index contributed by atoms with van der Waals surface area (Å²) in [6.45, 7) is 7.84. The molecular weight excluding hydrogens is 252 g/mol. The lowest BCUT2D eigenvalue weighted by Crippen LogP contribution is -2.46. The molecule has 1 rings (SSSR count). The van der Waals surface area contributed by atoms with Gasteiger partial charge in [0.05, 0.1) is 6.04 Å². The first kappa shape index (κ1) is 15.6. The Kier molecular flexibility index (Phi) is 5.31. The molecule has 1 aliphatic carbocycles. The van der Waals surface area contributed by atoms with Gasteiger partial charge in [0, 0.05) is 17.4 Å². The van der Waals surface area contributed by atoms with E-state index in [0.717, 1.165) is 19.3 Å². The Morgan fingerprint density at radius 3 is 2.56 bits per heavy atom. The first-order valence-corrected chi connectivity index (χ1v) is 7.52. The van der Waals surface area contributed by atoms with Crippen LogP contribution in [0.25, 0.3) is 0 Å². The normalized spacial score (nSPS) is 27.8. The Morgan fingerprint density at radius 2 is 2.06 bits per heavy atom. The van der Waals surface area contributed by atoms with Crippen molar-refractivity contribution in [2.45, 2.75) is 63.8 Å². The summed E-state index contributed by atoms with van der Waals surface area (Å²) >= 11 is -1.07. The lowest BCUT2D eigenvalue weighted by molar-refractivity contribution is 0.189. The Morgan fingerprint density at radius 1 is 1.44 bits per heavy atom. The first-order chi connectivity index (χ1) is 8.20. The molecule has 1 aliphatic rings. The van der Waals surface area contributed by atoms with Gasteiger partial charge in [-0.1, -0.05) is 0 Å². The second-order valence-corrected chi connectivity index (χ2v) is 8.01. The second-order valence-electron chi connectivity index (χ2n) is 6.01. The van der Waals surface area contributed by atoms with Gasteiger partial charge in [-0.25, -0.2) is 4.79 Å². The number of amides is 1. The van der Waals surface area contributed by atoms with Crippen molar-refractivity contribution < 1.29 is 14.5 Å².